The predicted octanol–water partition coefficient (Wildman–Crippen LogP) is 1.88. The molecular formula is C13H21NO4. The van der Waals surface area contributed by atoms with Gasteiger partial charge in [-0.3, -0.25) is 4.99 Å². The SMILES string of the molecule is C/N=C(\C=C(\OC)C(C)(C)OCC1CC1)C(=O)O. The van der Waals surface area contributed by atoms with E-state index in [-0.39, 0.29) is 5.71 Å². The van der Waals surface area contributed by atoms with E-state index in [1.165, 1.54) is 33.1 Å². The number of hydrogen-bond acceptors (Lipinski definition) is 4. The Balaban J connectivity index is 2.78. The first-order valence-corrected chi connectivity index (χ1v) is 6.01. The number of carboxylic acid groups (broad SMARTS) is 1. The highest BCUT2D eigenvalue weighted by molar-refractivity contribution is 6.40. The van der Waals surface area contributed by atoms with E-state index in [1.807, 2.05) is 13.8 Å². The summed E-state index contributed by atoms with van der Waals surface area (Å²) in [6, 6.07) is 0. The van der Waals surface area contributed by atoms with Gasteiger partial charge in [-0.1, -0.05) is 0 Å². The Hall–Kier alpha value is -1.36. The molecule has 1 N–H and O–H groups in total. The van der Waals surface area contributed by atoms with E-state index < -0.39 is 11.6 Å². The van der Waals surface area contributed by atoms with Gasteiger partial charge in [0.25, 0.3) is 0 Å². The minimum absolute atomic E-state index is 0.0463. The van der Waals surface area contributed by atoms with E-state index in [0.29, 0.717) is 18.3 Å². The summed E-state index contributed by atoms with van der Waals surface area (Å²) >= 11 is 0. The summed E-state index contributed by atoms with van der Waals surface area (Å²) in [4.78, 5) is 14.6. The first-order valence-electron chi connectivity index (χ1n) is 6.01. The van der Waals surface area contributed by atoms with Crippen molar-refractivity contribution in [2.75, 3.05) is 20.8 Å². The lowest BCUT2D eigenvalue weighted by Gasteiger charge is -2.27. The smallest absolute Gasteiger partial charge is 0.354 e. The maximum atomic E-state index is 10.9. The molecule has 0 aromatic rings. The second kappa shape index (κ2) is 6.00. The molecule has 0 heterocycles. The summed E-state index contributed by atoms with van der Waals surface area (Å²) in [6.45, 7) is 4.40. The van der Waals surface area contributed by atoms with E-state index in [4.69, 9.17) is 14.6 Å². The van der Waals surface area contributed by atoms with E-state index >= 15 is 0 Å². The van der Waals surface area contributed by atoms with Crippen molar-refractivity contribution in [1.82, 2.24) is 0 Å². The van der Waals surface area contributed by atoms with Crippen molar-refractivity contribution < 1.29 is 19.4 Å². The van der Waals surface area contributed by atoms with E-state index in [0.717, 1.165) is 0 Å². The molecule has 0 aromatic heterocycles. The zero-order valence-electron chi connectivity index (χ0n) is 11.4. The number of aliphatic imine (C=N–C) groups is 1. The third kappa shape index (κ3) is 4.14. The summed E-state index contributed by atoms with van der Waals surface area (Å²) in [5.74, 6) is 0.0253. The van der Waals surface area contributed by atoms with Crippen LogP contribution in [0.15, 0.2) is 16.8 Å². The van der Waals surface area contributed by atoms with Gasteiger partial charge in [0.15, 0.2) is 0 Å². The Kier molecular flexibility index (Phi) is 4.90. The Bertz CT molecular complexity index is 367. The minimum atomic E-state index is -1.08. The quantitative estimate of drug-likeness (QED) is 0.557. The molecule has 1 rings (SSSR count). The molecule has 0 amide bonds. The number of nitrogens with zero attached hydrogens (tertiary/aromatic N) is 1. The van der Waals surface area contributed by atoms with E-state index in [2.05, 4.69) is 4.99 Å². The molecular weight excluding hydrogens is 234 g/mol. The maximum absolute atomic E-state index is 10.9. The highest BCUT2D eigenvalue weighted by atomic mass is 16.5. The van der Waals surface area contributed by atoms with Crippen molar-refractivity contribution in [2.24, 2.45) is 10.9 Å². The molecule has 0 aromatic carbocycles. The second-order valence-electron chi connectivity index (χ2n) is 4.89. The van der Waals surface area contributed by atoms with Crippen LogP contribution < -0.4 is 0 Å². The standard InChI is InChI=1S/C13H21NO4/c1-13(2,18-8-9-5-6-9)11(17-4)7-10(14-3)12(15)16/h7,9H,5-6,8H2,1-4H3,(H,15,16)/b11-7+,14-10+. The van der Waals surface area contributed by atoms with Crippen LogP contribution in [0, 0.1) is 5.92 Å². The number of carbonyl (C=O) groups is 1. The molecule has 0 atom stereocenters. The van der Waals surface area contributed by atoms with Crippen molar-refractivity contribution in [3.05, 3.63) is 11.8 Å². The lowest BCUT2D eigenvalue weighted by Crippen LogP contribution is -2.30. The fourth-order valence-electron chi connectivity index (χ4n) is 1.51. The average molecular weight is 255 g/mol. The molecule has 5 nitrogen and oxygen atoms in total. The molecule has 0 bridgehead atoms. The Labute approximate surface area is 108 Å². The zero-order chi connectivity index (χ0) is 13.8. The van der Waals surface area contributed by atoms with Crippen LogP contribution in [-0.4, -0.2) is 43.2 Å². The molecule has 1 fully saturated rings. The Morgan fingerprint density at radius 1 is 1.50 bits per heavy atom. The average Bonchev–Trinajstić information content (AvgIpc) is 3.11. The molecule has 0 spiro atoms. The van der Waals surface area contributed by atoms with Crippen LogP contribution in [0.3, 0.4) is 0 Å². The molecule has 1 aliphatic rings. The fraction of sp³-hybridized carbons (Fsp3) is 0.692. The van der Waals surface area contributed by atoms with Crippen molar-refractivity contribution in [1.29, 1.82) is 0 Å². The third-order valence-electron chi connectivity index (χ3n) is 2.92. The van der Waals surface area contributed by atoms with Crippen molar-refractivity contribution in [3.8, 4) is 0 Å². The van der Waals surface area contributed by atoms with Crippen LogP contribution in [0.1, 0.15) is 26.7 Å². The Morgan fingerprint density at radius 2 is 2.11 bits per heavy atom. The normalized spacial score (nSPS) is 17.8. The van der Waals surface area contributed by atoms with E-state index in [9.17, 15) is 4.79 Å². The highest BCUT2D eigenvalue weighted by Gasteiger charge is 2.30. The largest absolute Gasteiger partial charge is 0.498 e. The molecule has 0 radical (unpaired) electrons. The van der Waals surface area contributed by atoms with Gasteiger partial charge in [-0.05, 0) is 32.6 Å². The summed E-state index contributed by atoms with van der Waals surface area (Å²) < 4.78 is 11.0. The van der Waals surface area contributed by atoms with Crippen LogP contribution in [0.5, 0.6) is 0 Å². The number of aliphatic carboxylic acids is 1. The first kappa shape index (κ1) is 14.7. The molecule has 1 aliphatic carbocycles. The predicted molar refractivity (Wildman–Crippen MR) is 68.8 cm³/mol. The van der Waals surface area contributed by atoms with Gasteiger partial charge in [0, 0.05) is 13.1 Å². The molecule has 18 heavy (non-hydrogen) atoms. The summed E-state index contributed by atoms with van der Waals surface area (Å²) in [6.07, 6.45) is 3.83. The number of ether oxygens (including phenoxy) is 2. The minimum Gasteiger partial charge on any atom is -0.498 e. The van der Waals surface area contributed by atoms with Gasteiger partial charge in [-0.25, -0.2) is 4.79 Å². The molecule has 5 heteroatoms. The number of carboxylic acids is 1. The molecule has 0 saturated heterocycles. The number of rotatable bonds is 7. The lowest BCUT2D eigenvalue weighted by molar-refractivity contribution is -0.129. The molecule has 1 saturated carbocycles. The lowest BCUT2D eigenvalue weighted by atomic mass is 10.1. The topological polar surface area (TPSA) is 68.1 Å². The Morgan fingerprint density at radius 3 is 2.50 bits per heavy atom. The van der Waals surface area contributed by atoms with Crippen molar-refractivity contribution >= 4 is 11.7 Å². The van der Waals surface area contributed by atoms with E-state index in [1.54, 1.807) is 0 Å². The number of methoxy groups -OCH3 is 1. The molecule has 0 unspecified atom stereocenters. The van der Waals surface area contributed by atoms with Gasteiger partial charge in [0.2, 0.25) is 0 Å². The number of hydrogen-bond donors (Lipinski definition) is 1. The monoisotopic (exact) mass is 255 g/mol. The van der Waals surface area contributed by atoms with Crippen LogP contribution in [0.2, 0.25) is 0 Å². The van der Waals surface area contributed by atoms with Crippen LogP contribution in [-0.2, 0) is 14.3 Å². The fourth-order valence-corrected chi connectivity index (χ4v) is 1.51. The van der Waals surface area contributed by atoms with Gasteiger partial charge in [0.05, 0.1) is 13.7 Å². The zero-order valence-corrected chi connectivity index (χ0v) is 11.4. The van der Waals surface area contributed by atoms with Crippen LogP contribution >= 0.6 is 0 Å². The summed E-state index contributed by atoms with van der Waals surface area (Å²) in [5, 5.41) is 8.94. The van der Waals surface area contributed by atoms with Crippen molar-refractivity contribution in [3.63, 3.8) is 0 Å². The van der Waals surface area contributed by atoms with Crippen LogP contribution in [0.4, 0.5) is 0 Å². The highest BCUT2D eigenvalue weighted by Crippen LogP contribution is 2.32. The van der Waals surface area contributed by atoms with Gasteiger partial charge < -0.3 is 14.6 Å². The van der Waals surface area contributed by atoms with Gasteiger partial charge in [-0.2, -0.15) is 0 Å². The molecule has 102 valence electrons. The summed E-state index contributed by atoms with van der Waals surface area (Å²) in [7, 11) is 2.94. The van der Waals surface area contributed by atoms with Gasteiger partial charge >= 0.3 is 5.97 Å². The summed E-state index contributed by atoms with van der Waals surface area (Å²) in [5.41, 5.74) is -0.696. The van der Waals surface area contributed by atoms with Gasteiger partial charge in [0.1, 0.15) is 17.1 Å². The third-order valence-corrected chi connectivity index (χ3v) is 2.92. The maximum Gasteiger partial charge on any atom is 0.354 e. The van der Waals surface area contributed by atoms with Crippen molar-refractivity contribution in [2.45, 2.75) is 32.3 Å². The molecule has 0 aliphatic heterocycles. The van der Waals surface area contributed by atoms with Gasteiger partial charge in [-0.15, -0.1) is 0 Å². The van der Waals surface area contributed by atoms with Crippen LogP contribution in [0.25, 0.3) is 0 Å². The second-order valence-corrected chi connectivity index (χ2v) is 4.89. The first-order chi connectivity index (χ1) is 8.40.